The molecule has 0 aliphatic carbocycles. The van der Waals surface area contributed by atoms with Gasteiger partial charge < -0.3 is 0 Å². The quantitative estimate of drug-likeness (QED) is 0.158. The number of hydrogen-bond acceptors (Lipinski definition) is 2. The summed E-state index contributed by atoms with van der Waals surface area (Å²) in [6, 6.07) is 30.8. The van der Waals surface area contributed by atoms with E-state index in [4.69, 9.17) is 0 Å². The summed E-state index contributed by atoms with van der Waals surface area (Å²) < 4.78 is 81.8. The standard InChI is InChI=1S/2C12H6F2S.C12H8F2/c13-7-1-3-11-9(5-7)10-6-8(14)2-4-12(10)15-11;13-7-4-5-11-9(6-7)8-2-1-3-10(14)12(8)15-11;13-11-5-1-3-9(7-11)10-4-2-6-12(14)8-10/h2*1-6H;1-8H. The molecule has 0 N–H and O–H groups in total. The third-order valence-corrected chi connectivity index (χ3v) is 9.13. The fourth-order valence-electron chi connectivity index (χ4n) is 4.79. The molecule has 0 aliphatic heterocycles. The van der Waals surface area contributed by atoms with E-state index in [1.807, 2.05) is 6.07 Å². The minimum atomic E-state index is -0.313. The van der Waals surface area contributed by atoms with Crippen LogP contribution in [0, 0.1) is 34.9 Å². The lowest BCUT2D eigenvalue weighted by molar-refractivity contribution is 0.626. The van der Waals surface area contributed by atoms with Gasteiger partial charge in [0.1, 0.15) is 34.9 Å². The number of halogens is 6. The highest BCUT2D eigenvalue weighted by Gasteiger charge is 2.09. The predicted octanol–water partition coefficient (Wildman–Crippen LogP) is 12.3. The molecule has 44 heavy (non-hydrogen) atoms. The highest BCUT2D eigenvalue weighted by molar-refractivity contribution is 7.26. The van der Waals surface area contributed by atoms with E-state index in [9.17, 15) is 26.3 Å². The van der Waals surface area contributed by atoms with Gasteiger partial charge in [-0.25, -0.2) is 26.3 Å². The molecule has 8 rings (SSSR count). The molecule has 0 nitrogen and oxygen atoms in total. The molecule has 0 radical (unpaired) electrons. The summed E-state index contributed by atoms with van der Waals surface area (Å²) in [4.78, 5) is 0. The Balaban J connectivity index is 0.000000117. The van der Waals surface area contributed by atoms with Crippen molar-refractivity contribution in [2.45, 2.75) is 0 Å². The molecular weight excluding hydrogens is 611 g/mol. The van der Waals surface area contributed by atoms with Gasteiger partial charge in [-0.05, 0) is 96.1 Å². The lowest BCUT2D eigenvalue weighted by atomic mass is 10.1. The van der Waals surface area contributed by atoms with Gasteiger partial charge >= 0.3 is 0 Å². The Bertz CT molecular complexity index is 2150. The fraction of sp³-hybridized carbons (Fsp3) is 0. The fourth-order valence-corrected chi connectivity index (χ4v) is 6.95. The maximum absolute atomic E-state index is 13.4. The van der Waals surface area contributed by atoms with E-state index in [1.165, 1.54) is 78.1 Å². The van der Waals surface area contributed by atoms with Crippen LogP contribution < -0.4 is 0 Å². The van der Waals surface area contributed by atoms with Crippen molar-refractivity contribution in [3.05, 3.63) is 156 Å². The molecule has 0 spiro atoms. The molecule has 0 amide bonds. The highest BCUT2D eigenvalue weighted by Crippen LogP contribution is 2.36. The van der Waals surface area contributed by atoms with Gasteiger partial charge in [0, 0.05) is 35.6 Å². The van der Waals surface area contributed by atoms with Crippen LogP contribution in [0.2, 0.25) is 0 Å². The van der Waals surface area contributed by atoms with E-state index in [0.29, 0.717) is 15.8 Å². The Morgan fingerprint density at radius 1 is 0.341 bits per heavy atom. The number of rotatable bonds is 1. The molecule has 8 aromatic rings. The first-order valence-corrected chi connectivity index (χ1v) is 14.9. The number of hydrogen-bond donors (Lipinski definition) is 0. The van der Waals surface area contributed by atoms with Crippen LogP contribution in [0.25, 0.3) is 51.5 Å². The maximum Gasteiger partial charge on any atom is 0.141 e. The summed E-state index contributed by atoms with van der Waals surface area (Å²) in [6.45, 7) is 0. The Morgan fingerprint density at radius 3 is 1.23 bits per heavy atom. The van der Waals surface area contributed by atoms with Crippen LogP contribution in [-0.2, 0) is 0 Å². The van der Waals surface area contributed by atoms with Crippen molar-refractivity contribution >= 4 is 63.0 Å². The molecule has 2 aromatic heterocycles. The monoisotopic (exact) mass is 630 g/mol. The molecule has 8 heteroatoms. The van der Waals surface area contributed by atoms with Crippen molar-refractivity contribution in [2.75, 3.05) is 0 Å². The van der Waals surface area contributed by atoms with Gasteiger partial charge in [0.05, 0.1) is 4.70 Å². The molecule has 0 bridgehead atoms. The van der Waals surface area contributed by atoms with Crippen LogP contribution in [0.3, 0.4) is 0 Å². The molecule has 0 unspecified atom stereocenters. The Hall–Kier alpha value is -4.66. The average Bonchev–Trinajstić information content (AvgIpc) is 3.56. The van der Waals surface area contributed by atoms with Crippen molar-refractivity contribution in [1.29, 1.82) is 0 Å². The number of thiophene rings is 2. The largest absolute Gasteiger partial charge is 0.207 e. The van der Waals surface area contributed by atoms with Crippen molar-refractivity contribution in [1.82, 2.24) is 0 Å². The van der Waals surface area contributed by atoms with Gasteiger partial charge in [-0.3, -0.25) is 0 Å². The second-order valence-electron chi connectivity index (χ2n) is 9.76. The summed E-state index contributed by atoms with van der Waals surface area (Å²) >= 11 is 2.90. The van der Waals surface area contributed by atoms with E-state index in [2.05, 4.69) is 0 Å². The van der Waals surface area contributed by atoms with Crippen LogP contribution in [-0.4, -0.2) is 0 Å². The first kappa shape index (κ1) is 29.4. The summed E-state index contributed by atoms with van der Waals surface area (Å²) in [7, 11) is 0. The molecule has 6 aromatic carbocycles. The molecule has 218 valence electrons. The topological polar surface area (TPSA) is 0 Å². The second-order valence-corrected chi connectivity index (χ2v) is 11.9. The zero-order valence-electron chi connectivity index (χ0n) is 22.6. The van der Waals surface area contributed by atoms with Crippen LogP contribution in [0.5, 0.6) is 0 Å². The number of benzene rings is 6. The van der Waals surface area contributed by atoms with E-state index >= 15 is 0 Å². The maximum atomic E-state index is 13.4. The normalized spacial score (nSPS) is 11.0. The van der Waals surface area contributed by atoms with Gasteiger partial charge in [-0.15, -0.1) is 22.7 Å². The second kappa shape index (κ2) is 12.5. The third-order valence-electron chi connectivity index (χ3n) is 6.79. The van der Waals surface area contributed by atoms with Crippen LogP contribution in [0.15, 0.2) is 121 Å². The molecule has 0 saturated heterocycles. The minimum absolute atomic E-state index is 0.242. The molecule has 0 fully saturated rings. The lowest BCUT2D eigenvalue weighted by Gasteiger charge is -2.01. The van der Waals surface area contributed by atoms with Crippen LogP contribution >= 0.6 is 22.7 Å². The van der Waals surface area contributed by atoms with E-state index in [-0.39, 0.29) is 34.9 Å². The molecule has 0 atom stereocenters. The summed E-state index contributed by atoms with van der Waals surface area (Å²) in [5, 5.41) is 3.15. The first-order chi connectivity index (χ1) is 21.2. The summed E-state index contributed by atoms with van der Waals surface area (Å²) in [6.07, 6.45) is 0. The Kier molecular flexibility index (Phi) is 8.37. The van der Waals surface area contributed by atoms with Crippen molar-refractivity contribution < 1.29 is 26.3 Å². The molecule has 0 saturated carbocycles. The lowest BCUT2D eigenvalue weighted by Crippen LogP contribution is -1.81. The third kappa shape index (κ3) is 6.32. The van der Waals surface area contributed by atoms with Gasteiger partial charge in [0.15, 0.2) is 0 Å². The summed E-state index contributed by atoms with van der Waals surface area (Å²) in [5.41, 5.74) is 1.37. The van der Waals surface area contributed by atoms with Gasteiger partial charge in [-0.2, -0.15) is 0 Å². The van der Waals surface area contributed by atoms with Crippen LogP contribution in [0.4, 0.5) is 26.3 Å². The van der Waals surface area contributed by atoms with Crippen LogP contribution in [0.1, 0.15) is 0 Å². The highest BCUT2D eigenvalue weighted by atomic mass is 32.1. The SMILES string of the molecule is Fc1ccc2sc3c(F)cccc3c2c1.Fc1ccc2sc3ccc(F)cc3c2c1.Fc1cccc(-c2cccc(F)c2)c1. The summed E-state index contributed by atoms with van der Waals surface area (Å²) in [5.74, 6) is -1.72. The van der Waals surface area contributed by atoms with E-state index < -0.39 is 0 Å². The average molecular weight is 631 g/mol. The minimum Gasteiger partial charge on any atom is -0.207 e. The molecule has 0 aliphatic rings. The molecular formula is C36H20F6S2. The Morgan fingerprint density at radius 2 is 0.750 bits per heavy atom. The zero-order valence-corrected chi connectivity index (χ0v) is 24.3. The van der Waals surface area contributed by atoms with Gasteiger partial charge in [-0.1, -0.05) is 36.4 Å². The van der Waals surface area contributed by atoms with Crippen molar-refractivity contribution in [2.24, 2.45) is 0 Å². The first-order valence-electron chi connectivity index (χ1n) is 13.3. The number of fused-ring (bicyclic) bond motifs is 6. The predicted molar refractivity (Wildman–Crippen MR) is 170 cm³/mol. The van der Waals surface area contributed by atoms with Gasteiger partial charge in [0.2, 0.25) is 0 Å². The smallest absolute Gasteiger partial charge is 0.141 e. The van der Waals surface area contributed by atoms with E-state index in [1.54, 1.807) is 59.9 Å². The van der Waals surface area contributed by atoms with Crippen molar-refractivity contribution in [3.8, 4) is 11.1 Å². The van der Waals surface area contributed by atoms with Crippen molar-refractivity contribution in [3.63, 3.8) is 0 Å². The van der Waals surface area contributed by atoms with Gasteiger partial charge in [0.25, 0.3) is 0 Å². The van der Waals surface area contributed by atoms with E-state index in [0.717, 1.165) is 35.6 Å². The zero-order chi connectivity index (χ0) is 30.8. The molecule has 2 heterocycles. The Labute approximate surface area is 256 Å².